The maximum absolute atomic E-state index is 12.5. The molecule has 7 heteroatoms. The van der Waals surface area contributed by atoms with Crippen molar-refractivity contribution in [3.8, 4) is 11.5 Å². The molecule has 0 aliphatic heterocycles. The highest BCUT2D eigenvalue weighted by atomic mass is 16.6. The number of carbonyl (C=O) groups is 2. The molecule has 7 nitrogen and oxygen atoms in total. The van der Waals surface area contributed by atoms with Gasteiger partial charge in [0.15, 0.2) is 6.61 Å². The van der Waals surface area contributed by atoms with E-state index in [9.17, 15) is 14.4 Å². The summed E-state index contributed by atoms with van der Waals surface area (Å²) in [6.07, 6.45) is 0.646. The number of fused-ring (bicyclic) bond motifs is 1. The van der Waals surface area contributed by atoms with Crippen LogP contribution >= 0.6 is 0 Å². The van der Waals surface area contributed by atoms with Crippen LogP contribution in [0.4, 0.5) is 0 Å². The number of carbonyl (C=O) groups excluding carboxylic acids is 2. The predicted octanol–water partition coefficient (Wildman–Crippen LogP) is 4.68. The van der Waals surface area contributed by atoms with Gasteiger partial charge >= 0.3 is 11.6 Å². The molecule has 0 spiro atoms. The number of hydrogen-bond acceptors (Lipinski definition) is 6. The van der Waals surface area contributed by atoms with Gasteiger partial charge in [0, 0.05) is 18.0 Å². The largest absolute Gasteiger partial charge is 0.482 e. The first-order chi connectivity index (χ1) is 17.3. The first-order valence-corrected chi connectivity index (χ1v) is 11.6. The molecule has 0 saturated carbocycles. The Morgan fingerprint density at radius 1 is 0.944 bits per heavy atom. The van der Waals surface area contributed by atoms with E-state index in [4.69, 9.17) is 13.9 Å². The Kier molecular flexibility index (Phi) is 7.49. The summed E-state index contributed by atoms with van der Waals surface area (Å²) in [6.45, 7) is 5.99. The van der Waals surface area contributed by atoms with Crippen molar-refractivity contribution < 1.29 is 23.5 Å². The Hall–Kier alpha value is -4.39. The lowest BCUT2D eigenvalue weighted by molar-refractivity contribution is -0.136. The van der Waals surface area contributed by atoms with Gasteiger partial charge < -0.3 is 19.2 Å². The number of esters is 1. The van der Waals surface area contributed by atoms with Crippen molar-refractivity contribution in [3.05, 3.63) is 105 Å². The molecule has 1 amide bonds. The minimum Gasteiger partial charge on any atom is -0.482 e. The molecule has 1 heterocycles. The first kappa shape index (κ1) is 24.7. The summed E-state index contributed by atoms with van der Waals surface area (Å²) < 4.78 is 16.3. The second-order valence-corrected chi connectivity index (χ2v) is 8.61. The molecule has 0 radical (unpaired) electrons. The number of benzene rings is 3. The minimum absolute atomic E-state index is 0.0856. The minimum atomic E-state index is -0.767. The monoisotopic (exact) mass is 485 g/mol. The summed E-state index contributed by atoms with van der Waals surface area (Å²) >= 11 is 0. The lowest BCUT2D eigenvalue weighted by atomic mass is 10.1. The molecule has 0 fully saturated rings. The van der Waals surface area contributed by atoms with E-state index < -0.39 is 17.5 Å². The normalized spacial score (nSPS) is 10.8. The fourth-order valence-corrected chi connectivity index (χ4v) is 3.82. The Labute approximate surface area is 208 Å². The maximum Gasteiger partial charge on any atom is 0.349 e. The van der Waals surface area contributed by atoms with Crippen LogP contribution in [-0.4, -0.2) is 25.0 Å². The topological polar surface area (TPSA) is 94.8 Å². The van der Waals surface area contributed by atoms with Crippen molar-refractivity contribution in [2.45, 2.75) is 27.2 Å². The predicted molar refractivity (Wildman–Crippen MR) is 137 cm³/mol. The number of hydrogen-bond donors (Lipinski definition) is 1. The lowest BCUT2D eigenvalue weighted by Gasteiger charge is -2.12. The van der Waals surface area contributed by atoms with E-state index in [0.717, 1.165) is 22.3 Å². The highest BCUT2D eigenvalue weighted by molar-refractivity contribution is 5.96. The third-order valence-electron chi connectivity index (χ3n) is 5.84. The van der Waals surface area contributed by atoms with Gasteiger partial charge in [0.2, 0.25) is 0 Å². The molecule has 0 unspecified atom stereocenters. The lowest BCUT2D eigenvalue weighted by Crippen LogP contribution is -2.29. The highest BCUT2D eigenvalue weighted by Gasteiger charge is 2.15. The average Bonchev–Trinajstić information content (AvgIpc) is 2.85. The molecule has 4 rings (SSSR count). The van der Waals surface area contributed by atoms with Crippen LogP contribution in [0.2, 0.25) is 0 Å². The van der Waals surface area contributed by atoms with Crippen molar-refractivity contribution >= 4 is 22.8 Å². The van der Waals surface area contributed by atoms with Crippen molar-refractivity contribution in [2.24, 2.45) is 0 Å². The standard InChI is InChI=1S/C29H27NO6/c1-18-13-19(2)20(3)25(14-18)34-17-27(31)35-23-10-9-22-15-24(29(33)36-26(22)16-23)28(32)30-12-11-21-7-5-4-6-8-21/h4-10,13-16H,11-12,17H2,1-3H3,(H,30,32). The van der Waals surface area contributed by atoms with Crippen LogP contribution in [0.1, 0.15) is 32.6 Å². The van der Waals surface area contributed by atoms with E-state index in [1.807, 2.05) is 63.2 Å². The van der Waals surface area contributed by atoms with Crippen molar-refractivity contribution in [2.75, 3.05) is 13.2 Å². The molecule has 0 atom stereocenters. The van der Waals surface area contributed by atoms with Crippen LogP contribution in [0.25, 0.3) is 11.0 Å². The molecule has 0 aliphatic carbocycles. The van der Waals surface area contributed by atoms with Crippen LogP contribution in [0, 0.1) is 20.8 Å². The summed E-state index contributed by atoms with van der Waals surface area (Å²) in [5, 5.41) is 3.28. The second-order valence-electron chi connectivity index (χ2n) is 8.61. The smallest absolute Gasteiger partial charge is 0.349 e. The third-order valence-corrected chi connectivity index (χ3v) is 5.84. The van der Waals surface area contributed by atoms with Crippen LogP contribution in [-0.2, 0) is 11.2 Å². The van der Waals surface area contributed by atoms with Gasteiger partial charge in [-0.05, 0) is 73.7 Å². The van der Waals surface area contributed by atoms with Crippen LogP contribution < -0.4 is 20.4 Å². The van der Waals surface area contributed by atoms with Crippen LogP contribution in [0.15, 0.2) is 75.9 Å². The van der Waals surface area contributed by atoms with Gasteiger partial charge in [-0.2, -0.15) is 0 Å². The van der Waals surface area contributed by atoms with E-state index in [-0.39, 0.29) is 23.5 Å². The Bertz CT molecular complexity index is 1470. The van der Waals surface area contributed by atoms with Crippen LogP contribution in [0.3, 0.4) is 0 Å². The zero-order valence-corrected chi connectivity index (χ0v) is 20.4. The third kappa shape index (κ3) is 5.99. The number of ether oxygens (including phenoxy) is 2. The summed E-state index contributed by atoms with van der Waals surface area (Å²) in [5.74, 6) is -0.263. The van der Waals surface area contributed by atoms with Gasteiger partial charge in [0.1, 0.15) is 22.6 Å². The van der Waals surface area contributed by atoms with Crippen molar-refractivity contribution in [3.63, 3.8) is 0 Å². The fraction of sp³-hybridized carbons (Fsp3) is 0.207. The van der Waals surface area contributed by atoms with E-state index in [1.54, 1.807) is 12.1 Å². The molecular weight excluding hydrogens is 458 g/mol. The average molecular weight is 486 g/mol. The summed E-state index contributed by atoms with van der Waals surface area (Å²) in [5.41, 5.74) is 3.51. The fourth-order valence-electron chi connectivity index (χ4n) is 3.82. The molecule has 0 bridgehead atoms. The van der Waals surface area contributed by atoms with E-state index in [1.165, 1.54) is 12.1 Å². The Morgan fingerprint density at radius 2 is 1.72 bits per heavy atom. The van der Waals surface area contributed by atoms with Gasteiger partial charge in [-0.15, -0.1) is 0 Å². The molecule has 184 valence electrons. The maximum atomic E-state index is 12.5. The molecule has 1 N–H and O–H groups in total. The summed E-state index contributed by atoms with van der Waals surface area (Å²) in [4.78, 5) is 37.3. The molecule has 4 aromatic rings. The van der Waals surface area contributed by atoms with Gasteiger partial charge in [-0.25, -0.2) is 9.59 Å². The second kappa shape index (κ2) is 10.9. The summed E-state index contributed by atoms with van der Waals surface area (Å²) in [6, 6.07) is 19.7. The van der Waals surface area contributed by atoms with Gasteiger partial charge in [0.25, 0.3) is 5.91 Å². The number of aryl methyl sites for hydroxylation is 2. The van der Waals surface area contributed by atoms with Crippen molar-refractivity contribution in [1.82, 2.24) is 5.32 Å². The molecule has 0 saturated heterocycles. The van der Waals surface area contributed by atoms with Gasteiger partial charge in [-0.3, -0.25) is 4.79 Å². The zero-order valence-electron chi connectivity index (χ0n) is 20.4. The molecule has 36 heavy (non-hydrogen) atoms. The molecule has 3 aromatic carbocycles. The van der Waals surface area contributed by atoms with Gasteiger partial charge in [-0.1, -0.05) is 36.4 Å². The number of rotatable bonds is 8. The van der Waals surface area contributed by atoms with Crippen LogP contribution in [0.5, 0.6) is 11.5 Å². The van der Waals surface area contributed by atoms with E-state index in [2.05, 4.69) is 5.32 Å². The molecule has 1 aromatic heterocycles. The Morgan fingerprint density at radius 3 is 2.50 bits per heavy atom. The Balaban J connectivity index is 1.39. The molecular formula is C29H27NO6. The molecule has 0 aliphatic rings. The first-order valence-electron chi connectivity index (χ1n) is 11.6. The number of nitrogens with one attached hydrogen (secondary N) is 1. The van der Waals surface area contributed by atoms with Crippen molar-refractivity contribution in [1.29, 1.82) is 0 Å². The van der Waals surface area contributed by atoms with Gasteiger partial charge in [0.05, 0.1) is 0 Å². The highest BCUT2D eigenvalue weighted by Crippen LogP contribution is 2.24. The van der Waals surface area contributed by atoms with E-state index in [0.29, 0.717) is 24.1 Å². The number of amides is 1. The SMILES string of the molecule is Cc1cc(C)c(C)c(OCC(=O)Oc2ccc3cc(C(=O)NCCc4ccccc4)c(=O)oc3c2)c1. The zero-order chi connectivity index (χ0) is 25.7. The van der Waals surface area contributed by atoms with E-state index >= 15 is 0 Å². The quantitative estimate of drug-likeness (QED) is 0.221. The summed E-state index contributed by atoms with van der Waals surface area (Å²) in [7, 11) is 0.